The fraction of sp³-hybridized carbons (Fsp3) is 0.385. The van der Waals surface area contributed by atoms with E-state index in [0.29, 0.717) is 12.2 Å². The van der Waals surface area contributed by atoms with Crippen LogP contribution in [0.1, 0.15) is 25.1 Å². The van der Waals surface area contributed by atoms with E-state index in [1.54, 1.807) is 20.0 Å². The number of Topliss-reactive ketones (excluding diaryl/α,β-unsaturated/α-hetero) is 1. The van der Waals surface area contributed by atoms with E-state index in [1.807, 2.05) is 19.1 Å². The number of allylic oxidation sites excluding steroid dienone is 1. The number of ether oxygens (including phenoxy) is 1. The fourth-order valence-corrected chi connectivity index (χ4v) is 1.29. The van der Waals surface area contributed by atoms with Crippen LogP contribution in [0.5, 0.6) is 0 Å². The van der Waals surface area contributed by atoms with Gasteiger partial charge in [0.05, 0.1) is 12.2 Å². The summed E-state index contributed by atoms with van der Waals surface area (Å²) < 4.78 is 5.24. The van der Waals surface area contributed by atoms with E-state index in [-0.39, 0.29) is 5.78 Å². The van der Waals surface area contributed by atoms with E-state index >= 15 is 0 Å². The molecule has 0 aliphatic heterocycles. The Labute approximate surface area is 96.2 Å². The van der Waals surface area contributed by atoms with Gasteiger partial charge < -0.3 is 4.74 Å². The Kier molecular flexibility index (Phi) is 4.23. The molecule has 0 aromatic carbocycles. The molecule has 0 radical (unpaired) electrons. The van der Waals surface area contributed by atoms with E-state index in [1.165, 1.54) is 0 Å². The van der Waals surface area contributed by atoms with Gasteiger partial charge in [0, 0.05) is 11.9 Å². The topological polar surface area (TPSA) is 39.2 Å². The Morgan fingerprint density at radius 2 is 2.25 bits per heavy atom. The van der Waals surface area contributed by atoms with Crippen molar-refractivity contribution in [3.8, 4) is 0 Å². The molecule has 0 spiro atoms. The Morgan fingerprint density at radius 1 is 1.56 bits per heavy atom. The van der Waals surface area contributed by atoms with Gasteiger partial charge in [0.1, 0.15) is 0 Å². The Morgan fingerprint density at radius 3 is 2.75 bits per heavy atom. The highest BCUT2D eigenvalue weighted by Crippen LogP contribution is 2.05. The number of ketones is 1. The zero-order valence-electron chi connectivity index (χ0n) is 9.99. The summed E-state index contributed by atoms with van der Waals surface area (Å²) in [6.07, 6.45) is 1.60. The van der Waals surface area contributed by atoms with E-state index in [9.17, 15) is 4.79 Å². The second kappa shape index (κ2) is 5.45. The lowest BCUT2D eigenvalue weighted by Crippen LogP contribution is -2.22. The molecule has 0 aliphatic rings. The van der Waals surface area contributed by atoms with Gasteiger partial charge in [-0.15, -0.1) is 0 Å². The lowest BCUT2D eigenvalue weighted by atomic mass is 10.1. The molecule has 3 nitrogen and oxygen atoms in total. The van der Waals surface area contributed by atoms with Crippen LogP contribution in [0.3, 0.4) is 0 Å². The molecule has 0 N–H and O–H groups in total. The maximum absolute atomic E-state index is 11.7. The number of nitrogens with zero attached hydrogens (tertiary/aromatic N) is 1. The van der Waals surface area contributed by atoms with Crippen molar-refractivity contribution in [1.82, 2.24) is 4.98 Å². The number of hydrogen-bond acceptors (Lipinski definition) is 3. The van der Waals surface area contributed by atoms with Gasteiger partial charge in [-0.25, -0.2) is 0 Å². The number of aryl methyl sites for hydroxylation is 1. The fourth-order valence-electron chi connectivity index (χ4n) is 1.29. The Balaban J connectivity index is 2.57. The van der Waals surface area contributed by atoms with Crippen LogP contribution in [0, 0.1) is 6.92 Å². The first-order chi connectivity index (χ1) is 7.49. The minimum absolute atomic E-state index is 0.0133. The highest BCUT2D eigenvalue weighted by molar-refractivity contribution is 5.84. The van der Waals surface area contributed by atoms with Crippen molar-refractivity contribution in [2.45, 2.75) is 33.3 Å². The van der Waals surface area contributed by atoms with E-state index in [2.05, 4.69) is 11.6 Å². The van der Waals surface area contributed by atoms with Gasteiger partial charge in [0.25, 0.3) is 0 Å². The van der Waals surface area contributed by atoms with Gasteiger partial charge >= 0.3 is 0 Å². The Bertz CT molecular complexity index is 381. The van der Waals surface area contributed by atoms with Crippen molar-refractivity contribution in [3.05, 3.63) is 41.9 Å². The second-order valence-corrected chi connectivity index (χ2v) is 3.93. The second-order valence-electron chi connectivity index (χ2n) is 3.93. The third kappa shape index (κ3) is 3.85. The molecule has 1 unspecified atom stereocenters. The summed E-state index contributed by atoms with van der Waals surface area (Å²) in [5.74, 6) is 0.567. The van der Waals surface area contributed by atoms with Gasteiger partial charge in [-0.1, -0.05) is 12.6 Å². The van der Waals surface area contributed by atoms with E-state index in [4.69, 9.17) is 4.74 Å². The average Bonchev–Trinajstić information content (AvgIpc) is 2.20. The molecule has 0 saturated heterocycles. The van der Waals surface area contributed by atoms with Gasteiger partial charge in [-0.2, -0.15) is 0 Å². The van der Waals surface area contributed by atoms with Gasteiger partial charge in [-0.3, -0.25) is 9.78 Å². The number of carbonyl (C=O) groups is 1. The predicted molar refractivity (Wildman–Crippen MR) is 63.0 cm³/mol. The molecular formula is C13H17NO2. The number of aromatic nitrogens is 1. The van der Waals surface area contributed by atoms with Gasteiger partial charge in [0.2, 0.25) is 0 Å². The van der Waals surface area contributed by atoms with Crippen LogP contribution in [0.4, 0.5) is 0 Å². The van der Waals surface area contributed by atoms with Crippen LogP contribution in [0.15, 0.2) is 30.7 Å². The van der Waals surface area contributed by atoms with Crippen molar-refractivity contribution in [3.63, 3.8) is 0 Å². The molecule has 1 aromatic heterocycles. The molecule has 1 rings (SSSR count). The molecule has 16 heavy (non-hydrogen) atoms. The zero-order chi connectivity index (χ0) is 12.1. The molecule has 0 aliphatic carbocycles. The monoisotopic (exact) mass is 219 g/mol. The average molecular weight is 219 g/mol. The maximum atomic E-state index is 11.7. The quantitative estimate of drug-likeness (QED) is 0.714. The lowest BCUT2D eigenvalue weighted by Gasteiger charge is -2.12. The molecule has 3 heteroatoms. The smallest absolute Gasteiger partial charge is 0.178 e. The van der Waals surface area contributed by atoms with Crippen molar-refractivity contribution >= 4 is 5.78 Å². The highest BCUT2D eigenvalue weighted by atomic mass is 16.5. The van der Waals surface area contributed by atoms with Crippen molar-refractivity contribution in [2.24, 2.45) is 0 Å². The molecule has 86 valence electrons. The highest BCUT2D eigenvalue weighted by Gasteiger charge is 2.14. The summed E-state index contributed by atoms with van der Waals surface area (Å²) in [5.41, 5.74) is 1.86. The van der Waals surface area contributed by atoms with Crippen LogP contribution in [-0.2, 0) is 16.0 Å². The summed E-state index contributed by atoms with van der Waals surface area (Å²) >= 11 is 0. The van der Waals surface area contributed by atoms with Crippen LogP contribution in [0.25, 0.3) is 0 Å². The predicted octanol–water partition coefficient (Wildman–Crippen LogP) is 2.44. The number of carbonyl (C=O) groups excluding carboxylic acids is 1. The first-order valence-electron chi connectivity index (χ1n) is 5.25. The molecule has 0 saturated carbocycles. The number of pyridine rings is 1. The molecule has 0 bridgehead atoms. The number of hydrogen-bond donors (Lipinski definition) is 0. The minimum Gasteiger partial charge on any atom is -0.488 e. The molecular weight excluding hydrogens is 202 g/mol. The minimum atomic E-state index is -0.458. The van der Waals surface area contributed by atoms with Crippen LogP contribution in [-0.4, -0.2) is 16.9 Å². The normalized spacial score (nSPS) is 11.9. The maximum Gasteiger partial charge on any atom is 0.178 e. The first kappa shape index (κ1) is 12.4. The summed E-state index contributed by atoms with van der Waals surface area (Å²) in [7, 11) is 0. The summed E-state index contributed by atoms with van der Waals surface area (Å²) in [4.78, 5) is 15.9. The molecule has 0 amide bonds. The molecule has 1 atom stereocenters. The third-order valence-electron chi connectivity index (χ3n) is 2.16. The third-order valence-corrected chi connectivity index (χ3v) is 2.16. The Hall–Kier alpha value is -1.64. The molecule has 1 aromatic rings. The van der Waals surface area contributed by atoms with E-state index < -0.39 is 6.10 Å². The van der Waals surface area contributed by atoms with Gasteiger partial charge in [-0.05, 0) is 32.4 Å². The first-order valence-corrected chi connectivity index (χ1v) is 5.25. The SMILES string of the molecule is C=C(C)OC(C)C(=O)Cc1ccc(C)cn1. The van der Waals surface area contributed by atoms with Gasteiger partial charge in [0.15, 0.2) is 11.9 Å². The summed E-state index contributed by atoms with van der Waals surface area (Å²) in [6, 6.07) is 3.81. The molecule has 1 heterocycles. The van der Waals surface area contributed by atoms with Crippen LogP contribution < -0.4 is 0 Å². The van der Waals surface area contributed by atoms with Crippen molar-refractivity contribution in [1.29, 1.82) is 0 Å². The zero-order valence-corrected chi connectivity index (χ0v) is 9.99. The van der Waals surface area contributed by atoms with Crippen LogP contribution in [0.2, 0.25) is 0 Å². The summed E-state index contributed by atoms with van der Waals surface area (Å²) in [6.45, 7) is 9.03. The standard InChI is InChI=1S/C13H17NO2/c1-9(2)16-11(4)13(15)7-12-6-5-10(3)8-14-12/h5-6,8,11H,1,7H2,2-4H3. The van der Waals surface area contributed by atoms with Crippen molar-refractivity contribution in [2.75, 3.05) is 0 Å². The molecule has 0 fully saturated rings. The summed E-state index contributed by atoms with van der Waals surface area (Å²) in [5, 5.41) is 0. The lowest BCUT2D eigenvalue weighted by molar-refractivity contribution is -0.126. The van der Waals surface area contributed by atoms with E-state index in [0.717, 1.165) is 11.3 Å². The van der Waals surface area contributed by atoms with Crippen molar-refractivity contribution < 1.29 is 9.53 Å². The number of rotatable bonds is 5. The van der Waals surface area contributed by atoms with Crippen LogP contribution >= 0.6 is 0 Å². The largest absolute Gasteiger partial charge is 0.488 e.